The van der Waals surface area contributed by atoms with Crippen molar-refractivity contribution in [2.24, 2.45) is 0 Å². The molecule has 2 aliphatic heterocycles. The third-order valence-electron chi connectivity index (χ3n) is 4.18. The Morgan fingerprint density at radius 3 is 2.41 bits per heavy atom. The summed E-state index contributed by atoms with van der Waals surface area (Å²) in [5.41, 5.74) is 0.721. The highest BCUT2D eigenvalue weighted by atomic mass is 32.2. The van der Waals surface area contributed by atoms with Crippen LogP contribution < -0.4 is 5.32 Å². The van der Waals surface area contributed by atoms with Crippen molar-refractivity contribution >= 4 is 15.7 Å². The largest absolute Gasteiger partial charge is 0.339 e. The summed E-state index contributed by atoms with van der Waals surface area (Å²) in [5.74, 6) is 0.221. The minimum absolute atomic E-state index is 0.0717. The average molecular weight is 320 g/mol. The van der Waals surface area contributed by atoms with E-state index in [1.807, 2.05) is 35.2 Å². The first-order chi connectivity index (χ1) is 10.5. The number of nitrogens with zero attached hydrogens (tertiary/aromatic N) is 1. The molecular formula is C16H20N2O3S. The second-order valence-corrected chi connectivity index (χ2v) is 7.79. The van der Waals surface area contributed by atoms with Crippen LogP contribution in [0, 0.1) is 0 Å². The van der Waals surface area contributed by atoms with Crippen molar-refractivity contribution in [2.75, 3.05) is 18.8 Å². The standard InChI is InChI=1S/C16H20N2O3S/c19-16(13-4-2-1-3-5-13)18-9-6-14(7-10-18)17-15-8-11-22(20,21)12-15/h1-5,8,11,14-15,17H,6-7,9-10,12H2/t15-/m1/s1. The van der Waals surface area contributed by atoms with E-state index in [1.54, 1.807) is 6.08 Å². The zero-order valence-corrected chi connectivity index (χ0v) is 13.1. The highest BCUT2D eigenvalue weighted by Gasteiger charge is 2.27. The van der Waals surface area contributed by atoms with E-state index in [2.05, 4.69) is 5.32 Å². The highest BCUT2D eigenvalue weighted by Crippen LogP contribution is 2.16. The van der Waals surface area contributed by atoms with Crippen LogP contribution in [0.3, 0.4) is 0 Å². The number of sulfone groups is 1. The minimum atomic E-state index is -3.01. The summed E-state index contributed by atoms with van der Waals surface area (Å²) in [6, 6.07) is 9.48. The number of likely N-dealkylation sites (tertiary alicyclic amines) is 1. The molecule has 1 amide bonds. The predicted octanol–water partition coefficient (Wildman–Crippen LogP) is 1.19. The lowest BCUT2D eigenvalue weighted by molar-refractivity contribution is 0.0704. The first-order valence-electron chi connectivity index (χ1n) is 7.55. The lowest BCUT2D eigenvalue weighted by atomic mass is 10.0. The zero-order valence-electron chi connectivity index (χ0n) is 12.3. The summed E-state index contributed by atoms with van der Waals surface area (Å²) in [7, 11) is -3.01. The Labute approximate surface area is 130 Å². The molecule has 0 bridgehead atoms. The van der Waals surface area contributed by atoms with E-state index in [0.29, 0.717) is 13.1 Å². The Bertz CT molecular complexity index is 662. The Balaban J connectivity index is 1.51. The normalized spacial score (nSPS) is 24.5. The van der Waals surface area contributed by atoms with Gasteiger partial charge in [0.1, 0.15) is 0 Å². The van der Waals surface area contributed by atoms with Crippen molar-refractivity contribution in [3.05, 3.63) is 47.4 Å². The fraction of sp³-hybridized carbons (Fsp3) is 0.438. The van der Waals surface area contributed by atoms with Gasteiger partial charge in [0.2, 0.25) is 0 Å². The van der Waals surface area contributed by atoms with Crippen LogP contribution in [0.15, 0.2) is 41.8 Å². The van der Waals surface area contributed by atoms with Crippen molar-refractivity contribution in [1.29, 1.82) is 0 Å². The molecule has 1 aromatic rings. The molecule has 0 aliphatic carbocycles. The second kappa shape index (κ2) is 6.22. The zero-order chi connectivity index (χ0) is 15.6. The fourth-order valence-electron chi connectivity index (χ4n) is 2.99. The lowest BCUT2D eigenvalue weighted by Crippen LogP contribution is -2.48. The summed E-state index contributed by atoms with van der Waals surface area (Å²) in [6.07, 6.45) is 3.42. The number of amides is 1. The van der Waals surface area contributed by atoms with E-state index in [1.165, 1.54) is 5.41 Å². The van der Waals surface area contributed by atoms with E-state index >= 15 is 0 Å². The predicted molar refractivity (Wildman–Crippen MR) is 85.2 cm³/mol. The van der Waals surface area contributed by atoms with Crippen molar-refractivity contribution in [3.63, 3.8) is 0 Å². The maximum absolute atomic E-state index is 12.4. The minimum Gasteiger partial charge on any atom is -0.339 e. The molecule has 0 aromatic heterocycles. The molecule has 1 N–H and O–H groups in total. The number of benzene rings is 1. The SMILES string of the molecule is O=C(c1ccccc1)N1CCC(N[C@@H]2C=CS(=O)(=O)C2)CC1. The van der Waals surface area contributed by atoms with E-state index in [-0.39, 0.29) is 23.7 Å². The van der Waals surface area contributed by atoms with Gasteiger partial charge in [-0.25, -0.2) is 8.42 Å². The highest BCUT2D eigenvalue weighted by molar-refractivity contribution is 7.94. The van der Waals surface area contributed by atoms with Crippen LogP contribution in [0.25, 0.3) is 0 Å². The Hall–Kier alpha value is -1.66. The van der Waals surface area contributed by atoms with Gasteiger partial charge in [-0.1, -0.05) is 24.3 Å². The molecule has 0 radical (unpaired) electrons. The average Bonchev–Trinajstić information content (AvgIpc) is 2.87. The molecule has 5 nitrogen and oxygen atoms in total. The maximum Gasteiger partial charge on any atom is 0.253 e. The van der Waals surface area contributed by atoms with Crippen LogP contribution in [-0.4, -0.2) is 50.2 Å². The Morgan fingerprint density at radius 2 is 1.82 bits per heavy atom. The van der Waals surface area contributed by atoms with E-state index in [0.717, 1.165) is 18.4 Å². The van der Waals surface area contributed by atoms with Crippen LogP contribution in [0.4, 0.5) is 0 Å². The van der Waals surface area contributed by atoms with Crippen molar-refractivity contribution in [1.82, 2.24) is 10.2 Å². The second-order valence-electron chi connectivity index (χ2n) is 5.86. The number of carbonyl (C=O) groups is 1. The van der Waals surface area contributed by atoms with Crippen LogP contribution in [0.2, 0.25) is 0 Å². The van der Waals surface area contributed by atoms with Gasteiger partial charge in [0, 0.05) is 36.1 Å². The summed E-state index contributed by atoms with van der Waals surface area (Å²) in [5, 5.41) is 4.66. The first kappa shape index (κ1) is 15.2. The van der Waals surface area contributed by atoms with Crippen LogP contribution in [-0.2, 0) is 9.84 Å². The van der Waals surface area contributed by atoms with Gasteiger partial charge in [-0.3, -0.25) is 4.79 Å². The summed E-state index contributed by atoms with van der Waals surface area (Å²) in [6.45, 7) is 1.41. The molecule has 2 aliphatic rings. The van der Waals surface area contributed by atoms with Crippen LogP contribution in [0.5, 0.6) is 0 Å². The molecule has 1 aromatic carbocycles. The summed E-state index contributed by atoms with van der Waals surface area (Å²) in [4.78, 5) is 14.2. The van der Waals surface area contributed by atoms with Gasteiger partial charge in [-0.15, -0.1) is 0 Å². The topological polar surface area (TPSA) is 66.5 Å². The molecule has 0 saturated carbocycles. The number of carbonyl (C=O) groups excluding carboxylic acids is 1. The molecule has 2 heterocycles. The molecule has 118 valence electrons. The quantitative estimate of drug-likeness (QED) is 0.908. The molecule has 22 heavy (non-hydrogen) atoms. The molecule has 0 spiro atoms. The number of piperidine rings is 1. The molecule has 1 saturated heterocycles. The first-order valence-corrected chi connectivity index (χ1v) is 9.26. The van der Waals surface area contributed by atoms with Crippen molar-refractivity contribution in [3.8, 4) is 0 Å². The number of nitrogens with one attached hydrogen (secondary N) is 1. The van der Waals surface area contributed by atoms with Gasteiger partial charge in [0.15, 0.2) is 9.84 Å². The van der Waals surface area contributed by atoms with Crippen molar-refractivity contribution in [2.45, 2.75) is 24.9 Å². The molecule has 0 unspecified atom stereocenters. The Kier molecular flexibility index (Phi) is 4.31. The summed E-state index contributed by atoms with van der Waals surface area (Å²) < 4.78 is 22.8. The van der Waals surface area contributed by atoms with Crippen molar-refractivity contribution < 1.29 is 13.2 Å². The molecule has 1 atom stereocenters. The third kappa shape index (κ3) is 3.56. The molecule has 1 fully saturated rings. The number of rotatable bonds is 3. The molecule has 6 heteroatoms. The smallest absolute Gasteiger partial charge is 0.253 e. The van der Waals surface area contributed by atoms with Gasteiger partial charge in [-0.05, 0) is 25.0 Å². The van der Waals surface area contributed by atoms with Gasteiger partial charge < -0.3 is 10.2 Å². The van der Waals surface area contributed by atoms with Gasteiger partial charge in [0.25, 0.3) is 5.91 Å². The number of hydrogen-bond donors (Lipinski definition) is 1. The summed E-state index contributed by atoms with van der Waals surface area (Å²) >= 11 is 0. The van der Waals surface area contributed by atoms with Crippen LogP contribution >= 0.6 is 0 Å². The molecular weight excluding hydrogens is 300 g/mol. The number of hydrogen-bond acceptors (Lipinski definition) is 4. The van der Waals surface area contributed by atoms with E-state index in [4.69, 9.17) is 0 Å². The van der Waals surface area contributed by atoms with E-state index < -0.39 is 9.84 Å². The fourth-order valence-corrected chi connectivity index (χ4v) is 4.24. The van der Waals surface area contributed by atoms with E-state index in [9.17, 15) is 13.2 Å². The lowest BCUT2D eigenvalue weighted by Gasteiger charge is -2.33. The maximum atomic E-state index is 12.4. The monoisotopic (exact) mass is 320 g/mol. The molecule has 3 rings (SSSR count). The van der Waals surface area contributed by atoms with Gasteiger partial charge >= 0.3 is 0 Å². The van der Waals surface area contributed by atoms with Gasteiger partial charge in [-0.2, -0.15) is 0 Å². The third-order valence-corrected chi connectivity index (χ3v) is 5.58. The van der Waals surface area contributed by atoms with Gasteiger partial charge in [0.05, 0.1) is 5.75 Å². The van der Waals surface area contributed by atoms with Crippen LogP contribution in [0.1, 0.15) is 23.2 Å². The Morgan fingerprint density at radius 1 is 1.14 bits per heavy atom.